The second-order valence-corrected chi connectivity index (χ2v) is 5.32. The average molecular weight is 303 g/mol. The largest absolute Gasteiger partial charge is 0.496 e. The van der Waals surface area contributed by atoms with Gasteiger partial charge in [0.1, 0.15) is 17.4 Å². The Morgan fingerprint density at radius 1 is 1.23 bits per heavy atom. The van der Waals surface area contributed by atoms with E-state index in [0.717, 1.165) is 29.3 Å². The second-order valence-electron chi connectivity index (χ2n) is 5.32. The molecule has 2 aromatic carbocycles. The molecule has 0 atom stereocenters. The van der Waals surface area contributed by atoms with Crippen molar-refractivity contribution in [1.29, 1.82) is 0 Å². The molecule has 5 heteroatoms. The van der Waals surface area contributed by atoms with Crippen LogP contribution >= 0.6 is 0 Å². The molecule has 0 unspecified atom stereocenters. The Morgan fingerprint density at radius 3 is 2.73 bits per heavy atom. The maximum atomic E-state index is 13.8. The van der Waals surface area contributed by atoms with E-state index in [4.69, 9.17) is 4.74 Å². The van der Waals surface area contributed by atoms with Crippen LogP contribution in [0.3, 0.4) is 0 Å². The van der Waals surface area contributed by atoms with Gasteiger partial charge >= 0.3 is 0 Å². The lowest BCUT2D eigenvalue weighted by molar-refractivity contribution is 0.0764. The van der Waals surface area contributed by atoms with Gasteiger partial charge < -0.3 is 9.64 Å². The maximum Gasteiger partial charge on any atom is 0.255 e. The zero-order valence-electron chi connectivity index (χ0n) is 12.3. The summed E-state index contributed by atoms with van der Waals surface area (Å²) in [6.45, 7) is 2.25. The van der Waals surface area contributed by atoms with E-state index in [9.17, 15) is 13.6 Å². The summed E-state index contributed by atoms with van der Waals surface area (Å²) in [6.07, 6.45) is 0. The summed E-state index contributed by atoms with van der Waals surface area (Å²) >= 11 is 0. The highest BCUT2D eigenvalue weighted by Crippen LogP contribution is 2.32. The highest BCUT2D eigenvalue weighted by molar-refractivity contribution is 6.00. The van der Waals surface area contributed by atoms with Gasteiger partial charge in [-0.25, -0.2) is 8.78 Å². The SMILES string of the molecule is COc1ccc2c(c1C)C(=O)N(Cc1cc(F)ccc1F)C2. The van der Waals surface area contributed by atoms with Gasteiger partial charge in [-0.3, -0.25) is 4.79 Å². The topological polar surface area (TPSA) is 29.5 Å². The molecule has 1 amide bonds. The van der Waals surface area contributed by atoms with Crippen LogP contribution in [0.2, 0.25) is 0 Å². The van der Waals surface area contributed by atoms with E-state index in [-0.39, 0.29) is 18.0 Å². The smallest absolute Gasteiger partial charge is 0.255 e. The number of carbonyl (C=O) groups is 1. The van der Waals surface area contributed by atoms with Crippen molar-refractivity contribution in [2.24, 2.45) is 0 Å². The van der Waals surface area contributed by atoms with Crippen LogP contribution in [0.25, 0.3) is 0 Å². The zero-order valence-corrected chi connectivity index (χ0v) is 12.3. The van der Waals surface area contributed by atoms with Crippen molar-refractivity contribution in [3.8, 4) is 5.75 Å². The normalized spacial score (nSPS) is 13.5. The third-order valence-corrected chi connectivity index (χ3v) is 3.95. The van der Waals surface area contributed by atoms with E-state index in [1.54, 1.807) is 7.11 Å². The van der Waals surface area contributed by atoms with Crippen LogP contribution in [-0.2, 0) is 13.1 Å². The molecule has 0 N–H and O–H groups in total. The summed E-state index contributed by atoms with van der Waals surface area (Å²) in [5, 5.41) is 0. The third kappa shape index (κ3) is 2.32. The molecule has 0 saturated heterocycles. The average Bonchev–Trinajstić information content (AvgIpc) is 2.80. The van der Waals surface area contributed by atoms with Gasteiger partial charge in [-0.05, 0) is 36.8 Å². The number of carbonyl (C=O) groups excluding carboxylic acids is 1. The Bertz CT molecular complexity index is 759. The first-order valence-electron chi connectivity index (χ1n) is 6.91. The quantitative estimate of drug-likeness (QED) is 0.869. The van der Waals surface area contributed by atoms with Crippen LogP contribution in [0.5, 0.6) is 5.75 Å². The van der Waals surface area contributed by atoms with E-state index in [1.807, 2.05) is 19.1 Å². The highest BCUT2D eigenvalue weighted by Gasteiger charge is 2.30. The predicted molar refractivity (Wildman–Crippen MR) is 77.7 cm³/mol. The number of methoxy groups -OCH3 is 1. The molecule has 3 rings (SSSR count). The van der Waals surface area contributed by atoms with Crippen molar-refractivity contribution < 1.29 is 18.3 Å². The third-order valence-electron chi connectivity index (χ3n) is 3.95. The molecule has 114 valence electrons. The van der Waals surface area contributed by atoms with Crippen LogP contribution in [0.4, 0.5) is 8.78 Å². The Balaban J connectivity index is 1.91. The summed E-state index contributed by atoms with van der Waals surface area (Å²) in [5.74, 6) is -0.571. The van der Waals surface area contributed by atoms with Crippen LogP contribution < -0.4 is 4.74 Å². The van der Waals surface area contributed by atoms with Crippen molar-refractivity contribution in [3.63, 3.8) is 0 Å². The predicted octanol–water partition coefficient (Wildman–Crippen LogP) is 3.44. The molecule has 0 aliphatic carbocycles. The van der Waals surface area contributed by atoms with Crippen molar-refractivity contribution >= 4 is 5.91 Å². The number of hydrogen-bond acceptors (Lipinski definition) is 2. The van der Waals surface area contributed by atoms with Gasteiger partial charge in [0.05, 0.1) is 12.7 Å². The van der Waals surface area contributed by atoms with Crippen LogP contribution in [0.15, 0.2) is 30.3 Å². The fourth-order valence-corrected chi connectivity index (χ4v) is 2.83. The minimum absolute atomic E-state index is 0.0405. The molecule has 0 bridgehead atoms. The molecule has 0 radical (unpaired) electrons. The first-order valence-corrected chi connectivity index (χ1v) is 6.91. The molecule has 1 heterocycles. The Morgan fingerprint density at radius 2 is 2.00 bits per heavy atom. The standard InChI is InChI=1S/C17H15F2NO2/c1-10-15(22-2)6-3-11-8-20(17(21)16(10)11)9-12-7-13(18)4-5-14(12)19/h3-7H,8-9H2,1-2H3. The minimum Gasteiger partial charge on any atom is -0.496 e. The van der Waals surface area contributed by atoms with Gasteiger partial charge in [0.2, 0.25) is 0 Å². The number of benzene rings is 2. The molecule has 0 spiro atoms. The van der Waals surface area contributed by atoms with Crippen molar-refractivity contribution in [2.75, 3.05) is 7.11 Å². The van der Waals surface area contributed by atoms with Gasteiger partial charge in [0, 0.05) is 24.2 Å². The fourth-order valence-electron chi connectivity index (χ4n) is 2.83. The van der Waals surface area contributed by atoms with Crippen LogP contribution in [0.1, 0.15) is 27.0 Å². The lowest BCUT2D eigenvalue weighted by Crippen LogP contribution is -2.24. The summed E-state index contributed by atoms with van der Waals surface area (Å²) in [6, 6.07) is 6.91. The van der Waals surface area contributed by atoms with E-state index in [1.165, 1.54) is 4.90 Å². The molecule has 1 aliphatic heterocycles. The lowest BCUT2D eigenvalue weighted by atomic mass is 10.0. The van der Waals surface area contributed by atoms with E-state index >= 15 is 0 Å². The van der Waals surface area contributed by atoms with Crippen LogP contribution in [0, 0.1) is 18.6 Å². The Hall–Kier alpha value is -2.43. The number of rotatable bonds is 3. The number of nitrogens with zero attached hydrogens (tertiary/aromatic N) is 1. The van der Waals surface area contributed by atoms with E-state index in [2.05, 4.69) is 0 Å². The summed E-state index contributed by atoms with van der Waals surface area (Å²) < 4.78 is 32.2. The first kappa shape index (κ1) is 14.5. The number of amides is 1. The van der Waals surface area contributed by atoms with Crippen LogP contribution in [-0.4, -0.2) is 17.9 Å². The molecule has 0 fully saturated rings. The number of ether oxygens (including phenoxy) is 1. The molecular weight excluding hydrogens is 288 g/mol. The summed E-state index contributed by atoms with van der Waals surface area (Å²) in [4.78, 5) is 14.0. The van der Waals surface area contributed by atoms with Crippen molar-refractivity contribution in [1.82, 2.24) is 4.90 Å². The monoisotopic (exact) mass is 303 g/mol. The maximum absolute atomic E-state index is 13.8. The summed E-state index contributed by atoms with van der Waals surface area (Å²) in [7, 11) is 1.55. The van der Waals surface area contributed by atoms with Gasteiger partial charge in [-0.15, -0.1) is 0 Å². The van der Waals surface area contributed by atoms with Gasteiger partial charge in [-0.1, -0.05) is 6.07 Å². The summed E-state index contributed by atoms with van der Waals surface area (Å²) in [5.41, 5.74) is 2.41. The Kier molecular flexibility index (Phi) is 3.56. The fraction of sp³-hybridized carbons (Fsp3) is 0.235. The number of fused-ring (bicyclic) bond motifs is 1. The van der Waals surface area contributed by atoms with E-state index < -0.39 is 11.6 Å². The van der Waals surface area contributed by atoms with Crippen molar-refractivity contribution in [2.45, 2.75) is 20.0 Å². The second kappa shape index (κ2) is 5.40. The molecule has 0 saturated carbocycles. The van der Waals surface area contributed by atoms with Crippen molar-refractivity contribution in [3.05, 3.63) is 64.2 Å². The zero-order chi connectivity index (χ0) is 15.9. The molecule has 3 nitrogen and oxygen atoms in total. The number of halogens is 2. The molecular formula is C17H15F2NO2. The minimum atomic E-state index is -0.515. The Labute approximate surface area is 127 Å². The van der Waals surface area contributed by atoms with Gasteiger partial charge in [0.15, 0.2) is 0 Å². The lowest BCUT2D eigenvalue weighted by Gasteiger charge is -2.16. The highest BCUT2D eigenvalue weighted by atomic mass is 19.1. The molecule has 22 heavy (non-hydrogen) atoms. The number of hydrogen-bond donors (Lipinski definition) is 0. The molecule has 2 aromatic rings. The molecule has 0 aromatic heterocycles. The first-order chi connectivity index (χ1) is 10.5. The van der Waals surface area contributed by atoms with E-state index in [0.29, 0.717) is 17.9 Å². The molecule has 1 aliphatic rings. The van der Waals surface area contributed by atoms with Gasteiger partial charge in [-0.2, -0.15) is 0 Å². The van der Waals surface area contributed by atoms with Gasteiger partial charge in [0.25, 0.3) is 5.91 Å².